The molecule has 1 N–H and O–H groups in total. The molecule has 0 bridgehead atoms. The fourth-order valence-corrected chi connectivity index (χ4v) is 1.99. The fraction of sp³-hybridized carbons (Fsp3) is 0.538. The van der Waals surface area contributed by atoms with Gasteiger partial charge in [-0.15, -0.1) is 0 Å². The number of carbonyl (C=O) groups is 1. The lowest BCUT2D eigenvalue weighted by atomic mass is 10.0. The van der Waals surface area contributed by atoms with E-state index in [0.29, 0.717) is 18.2 Å². The Bertz CT molecular complexity index is 348. The maximum Gasteiger partial charge on any atom is 0.206 e. The molecule has 0 aromatic carbocycles. The lowest BCUT2D eigenvalue weighted by Gasteiger charge is -2.22. The highest BCUT2D eigenvalue weighted by atomic mass is 16.5. The Labute approximate surface area is 101 Å². The van der Waals surface area contributed by atoms with E-state index in [2.05, 4.69) is 10.3 Å². The minimum absolute atomic E-state index is 0.0469. The molecule has 0 amide bonds. The molecule has 92 valence electrons. The van der Waals surface area contributed by atoms with Crippen molar-refractivity contribution in [1.82, 2.24) is 10.3 Å². The Morgan fingerprint density at radius 2 is 2.47 bits per heavy atom. The number of ketones is 1. The first-order valence-corrected chi connectivity index (χ1v) is 6.09. The van der Waals surface area contributed by atoms with Gasteiger partial charge in [-0.2, -0.15) is 0 Å². The van der Waals surface area contributed by atoms with Gasteiger partial charge in [0.25, 0.3) is 0 Å². The molecule has 0 spiro atoms. The molecule has 17 heavy (non-hydrogen) atoms. The van der Waals surface area contributed by atoms with E-state index in [1.807, 2.05) is 6.07 Å². The van der Waals surface area contributed by atoms with Gasteiger partial charge < -0.3 is 10.1 Å². The second-order valence-electron chi connectivity index (χ2n) is 4.37. The van der Waals surface area contributed by atoms with E-state index in [1.54, 1.807) is 18.3 Å². The molecular formula is C13H18N2O2. The van der Waals surface area contributed by atoms with Crippen molar-refractivity contribution in [2.45, 2.75) is 12.8 Å². The normalized spacial score (nSPS) is 20.1. The Balaban J connectivity index is 1.69. The van der Waals surface area contributed by atoms with Crippen LogP contribution in [0.4, 0.5) is 0 Å². The monoisotopic (exact) mass is 234 g/mol. The second-order valence-corrected chi connectivity index (χ2v) is 4.37. The molecule has 1 saturated heterocycles. The summed E-state index contributed by atoms with van der Waals surface area (Å²) in [7, 11) is 0. The molecule has 1 atom stereocenters. The van der Waals surface area contributed by atoms with E-state index in [-0.39, 0.29) is 12.4 Å². The van der Waals surface area contributed by atoms with E-state index >= 15 is 0 Å². The van der Waals surface area contributed by atoms with E-state index in [0.717, 1.165) is 13.1 Å². The molecule has 4 nitrogen and oxygen atoms in total. The number of ether oxygens (including phenoxy) is 1. The molecule has 2 heterocycles. The first-order chi connectivity index (χ1) is 8.36. The van der Waals surface area contributed by atoms with Crippen LogP contribution in [0.2, 0.25) is 0 Å². The Morgan fingerprint density at radius 1 is 1.53 bits per heavy atom. The summed E-state index contributed by atoms with van der Waals surface area (Å²) in [6, 6.07) is 5.32. The third-order valence-electron chi connectivity index (χ3n) is 2.94. The van der Waals surface area contributed by atoms with Crippen molar-refractivity contribution in [1.29, 1.82) is 0 Å². The maximum absolute atomic E-state index is 11.7. The molecule has 1 aliphatic heterocycles. The Morgan fingerprint density at radius 3 is 3.18 bits per heavy atom. The molecule has 1 aliphatic rings. The van der Waals surface area contributed by atoms with Crippen molar-refractivity contribution in [3.8, 4) is 0 Å². The second kappa shape index (κ2) is 6.47. The number of pyridine rings is 1. The van der Waals surface area contributed by atoms with Crippen LogP contribution in [0.3, 0.4) is 0 Å². The quantitative estimate of drug-likeness (QED) is 0.780. The minimum Gasteiger partial charge on any atom is -0.373 e. The van der Waals surface area contributed by atoms with E-state index < -0.39 is 0 Å². The molecule has 4 heteroatoms. The van der Waals surface area contributed by atoms with Crippen LogP contribution in [0.25, 0.3) is 0 Å². The number of carbonyl (C=O) groups excluding carboxylic acids is 1. The predicted octanol–water partition coefficient (Wildman–Crippen LogP) is 1.28. The SMILES string of the molecule is O=C(COC[C@@H]1CCCNC1)c1ccccn1. The Kier molecular flexibility index (Phi) is 4.64. The van der Waals surface area contributed by atoms with Gasteiger partial charge in [0, 0.05) is 12.7 Å². The first kappa shape index (κ1) is 12.2. The predicted molar refractivity (Wildman–Crippen MR) is 65.0 cm³/mol. The number of Topliss-reactive ketones (excluding diaryl/α,β-unsaturated/α-hetero) is 1. The average molecular weight is 234 g/mol. The summed E-state index contributed by atoms with van der Waals surface area (Å²) >= 11 is 0. The van der Waals surface area contributed by atoms with Gasteiger partial charge in [0.15, 0.2) is 0 Å². The van der Waals surface area contributed by atoms with Crippen LogP contribution in [0.5, 0.6) is 0 Å². The summed E-state index contributed by atoms with van der Waals surface area (Å²) in [6.07, 6.45) is 4.01. The van der Waals surface area contributed by atoms with Crippen molar-refractivity contribution in [2.75, 3.05) is 26.3 Å². The van der Waals surface area contributed by atoms with Crippen LogP contribution in [0, 0.1) is 5.92 Å². The molecule has 1 aromatic rings. The van der Waals surface area contributed by atoms with Gasteiger partial charge in [-0.3, -0.25) is 9.78 Å². The molecule has 2 rings (SSSR count). The summed E-state index contributed by atoms with van der Waals surface area (Å²) in [5, 5.41) is 3.33. The topological polar surface area (TPSA) is 51.2 Å². The number of aromatic nitrogens is 1. The molecule has 1 fully saturated rings. The van der Waals surface area contributed by atoms with Crippen molar-refractivity contribution >= 4 is 5.78 Å². The van der Waals surface area contributed by atoms with Crippen molar-refractivity contribution in [3.63, 3.8) is 0 Å². The van der Waals surface area contributed by atoms with Gasteiger partial charge in [0.1, 0.15) is 12.3 Å². The van der Waals surface area contributed by atoms with E-state index in [1.165, 1.54) is 12.8 Å². The molecule has 0 radical (unpaired) electrons. The third-order valence-corrected chi connectivity index (χ3v) is 2.94. The van der Waals surface area contributed by atoms with Crippen LogP contribution in [0.1, 0.15) is 23.3 Å². The Hall–Kier alpha value is -1.26. The summed E-state index contributed by atoms with van der Waals surface area (Å²) < 4.78 is 5.46. The van der Waals surface area contributed by atoms with E-state index in [9.17, 15) is 4.79 Å². The zero-order valence-corrected chi connectivity index (χ0v) is 9.89. The number of nitrogens with zero attached hydrogens (tertiary/aromatic N) is 1. The third kappa shape index (κ3) is 3.91. The standard InChI is InChI=1S/C13H18N2O2/c16-13(12-5-1-2-7-15-12)10-17-9-11-4-3-6-14-8-11/h1-2,5,7,11,14H,3-4,6,8-10H2/t11-/m1/s1. The summed E-state index contributed by atoms with van der Waals surface area (Å²) in [6.45, 7) is 2.89. The van der Waals surface area contributed by atoms with Gasteiger partial charge in [-0.1, -0.05) is 6.07 Å². The van der Waals surface area contributed by atoms with Gasteiger partial charge in [-0.25, -0.2) is 0 Å². The number of nitrogens with one attached hydrogen (secondary N) is 1. The van der Waals surface area contributed by atoms with Gasteiger partial charge in [0.05, 0.1) is 6.61 Å². The highest BCUT2D eigenvalue weighted by Crippen LogP contribution is 2.10. The molecule has 0 aliphatic carbocycles. The number of hydrogen-bond acceptors (Lipinski definition) is 4. The zero-order valence-electron chi connectivity index (χ0n) is 9.89. The van der Waals surface area contributed by atoms with Crippen molar-refractivity contribution < 1.29 is 9.53 Å². The summed E-state index contributed by atoms with van der Waals surface area (Å²) in [4.78, 5) is 15.7. The highest BCUT2D eigenvalue weighted by molar-refractivity contribution is 5.95. The van der Waals surface area contributed by atoms with Gasteiger partial charge >= 0.3 is 0 Å². The van der Waals surface area contributed by atoms with Crippen LogP contribution in [-0.4, -0.2) is 37.1 Å². The van der Waals surface area contributed by atoms with E-state index in [4.69, 9.17) is 4.74 Å². The largest absolute Gasteiger partial charge is 0.373 e. The van der Waals surface area contributed by atoms with Crippen LogP contribution >= 0.6 is 0 Å². The average Bonchev–Trinajstić information content (AvgIpc) is 2.41. The van der Waals surface area contributed by atoms with Crippen molar-refractivity contribution in [3.05, 3.63) is 30.1 Å². The zero-order chi connectivity index (χ0) is 11.9. The minimum atomic E-state index is -0.0469. The summed E-state index contributed by atoms with van der Waals surface area (Å²) in [5.41, 5.74) is 0.481. The number of rotatable bonds is 5. The molecule has 0 saturated carbocycles. The maximum atomic E-state index is 11.7. The summed E-state index contributed by atoms with van der Waals surface area (Å²) in [5.74, 6) is 0.495. The molecule has 1 aromatic heterocycles. The lowest BCUT2D eigenvalue weighted by molar-refractivity contribution is 0.0641. The van der Waals surface area contributed by atoms with Crippen LogP contribution < -0.4 is 5.32 Å². The van der Waals surface area contributed by atoms with Crippen LogP contribution in [0.15, 0.2) is 24.4 Å². The van der Waals surface area contributed by atoms with Crippen molar-refractivity contribution in [2.24, 2.45) is 5.92 Å². The van der Waals surface area contributed by atoms with Crippen LogP contribution in [-0.2, 0) is 4.74 Å². The fourth-order valence-electron chi connectivity index (χ4n) is 1.99. The highest BCUT2D eigenvalue weighted by Gasteiger charge is 2.14. The van der Waals surface area contributed by atoms with Gasteiger partial charge in [0.2, 0.25) is 5.78 Å². The number of hydrogen-bond donors (Lipinski definition) is 1. The number of piperidine rings is 1. The van der Waals surface area contributed by atoms with Gasteiger partial charge in [-0.05, 0) is 37.4 Å². The first-order valence-electron chi connectivity index (χ1n) is 6.09. The smallest absolute Gasteiger partial charge is 0.206 e. The molecule has 0 unspecified atom stereocenters. The lowest BCUT2D eigenvalue weighted by Crippen LogP contribution is -2.32. The molecular weight excluding hydrogens is 216 g/mol.